The lowest BCUT2D eigenvalue weighted by Crippen LogP contribution is -2.42. The van der Waals surface area contributed by atoms with Gasteiger partial charge in [0, 0.05) is 30.5 Å². The standard InChI is InChI=1S/C14H18N2O/c17-14(12-6-8-15-9-7-12)16-10-2-5-13(16)11-3-1-4-11/h6-9,11,13H,1-5,10H2. The van der Waals surface area contributed by atoms with E-state index in [1.54, 1.807) is 12.4 Å². The Morgan fingerprint density at radius 2 is 1.94 bits per heavy atom. The fourth-order valence-corrected chi connectivity index (χ4v) is 3.02. The van der Waals surface area contributed by atoms with Gasteiger partial charge in [-0.25, -0.2) is 0 Å². The normalized spacial score (nSPS) is 24.7. The molecule has 3 rings (SSSR count). The summed E-state index contributed by atoms with van der Waals surface area (Å²) in [7, 11) is 0. The van der Waals surface area contributed by atoms with Crippen molar-refractivity contribution in [3.05, 3.63) is 30.1 Å². The Hall–Kier alpha value is -1.38. The van der Waals surface area contributed by atoms with Gasteiger partial charge in [0.2, 0.25) is 0 Å². The van der Waals surface area contributed by atoms with Crippen molar-refractivity contribution < 1.29 is 4.79 Å². The number of nitrogens with zero attached hydrogens (tertiary/aromatic N) is 2. The minimum atomic E-state index is 0.196. The number of pyridine rings is 1. The molecule has 0 spiro atoms. The van der Waals surface area contributed by atoms with Crippen LogP contribution in [-0.2, 0) is 0 Å². The van der Waals surface area contributed by atoms with Crippen molar-refractivity contribution in [2.45, 2.75) is 38.1 Å². The summed E-state index contributed by atoms with van der Waals surface area (Å²) in [5.74, 6) is 0.963. The third kappa shape index (κ3) is 1.94. The highest BCUT2D eigenvalue weighted by Gasteiger charge is 2.37. The largest absolute Gasteiger partial charge is 0.335 e. The van der Waals surface area contributed by atoms with Gasteiger partial charge in [-0.05, 0) is 43.7 Å². The number of rotatable bonds is 2. The van der Waals surface area contributed by atoms with E-state index >= 15 is 0 Å². The van der Waals surface area contributed by atoms with Gasteiger partial charge in [0.1, 0.15) is 0 Å². The zero-order valence-corrected chi connectivity index (χ0v) is 10.0. The van der Waals surface area contributed by atoms with Gasteiger partial charge in [-0.2, -0.15) is 0 Å². The van der Waals surface area contributed by atoms with Crippen LogP contribution in [0.15, 0.2) is 24.5 Å². The van der Waals surface area contributed by atoms with Crippen LogP contribution in [0.5, 0.6) is 0 Å². The van der Waals surface area contributed by atoms with E-state index in [1.165, 1.54) is 25.7 Å². The van der Waals surface area contributed by atoms with E-state index in [-0.39, 0.29) is 5.91 Å². The van der Waals surface area contributed by atoms with Gasteiger partial charge in [-0.3, -0.25) is 9.78 Å². The Bertz CT molecular complexity index is 400. The van der Waals surface area contributed by atoms with Gasteiger partial charge in [0.15, 0.2) is 0 Å². The highest BCUT2D eigenvalue weighted by Crippen LogP contribution is 2.37. The molecule has 1 saturated carbocycles. The van der Waals surface area contributed by atoms with Gasteiger partial charge in [-0.1, -0.05) is 6.42 Å². The van der Waals surface area contributed by atoms with Crippen LogP contribution in [0.3, 0.4) is 0 Å². The third-order valence-corrected chi connectivity index (χ3v) is 4.18. The molecular weight excluding hydrogens is 212 g/mol. The smallest absolute Gasteiger partial charge is 0.254 e. The SMILES string of the molecule is O=C(c1ccncc1)N1CCCC1C1CCC1. The molecule has 2 heterocycles. The van der Waals surface area contributed by atoms with Gasteiger partial charge >= 0.3 is 0 Å². The Morgan fingerprint density at radius 1 is 1.18 bits per heavy atom. The van der Waals surface area contributed by atoms with Crippen molar-refractivity contribution in [3.8, 4) is 0 Å². The fraction of sp³-hybridized carbons (Fsp3) is 0.571. The molecule has 2 fully saturated rings. The molecule has 1 aromatic rings. The van der Waals surface area contributed by atoms with E-state index in [9.17, 15) is 4.79 Å². The Morgan fingerprint density at radius 3 is 2.59 bits per heavy atom. The molecule has 3 nitrogen and oxygen atoms in total. The molecule has 17 heavy (non-hydrogen) atoms. The highest BCUT2D eigenvalue weighted by atomic mass is 16.2. The number of amides is 1. The lowest BCUT2D eigenvalue weighted by Gasteiger charge is -2.37. The minimum absolute atomic E-state index is 0.196. The number of carbonyl (C=O) groups excluding carboxylic acids is 1. The highest BCUT2D eigenvalue weighted by molar-refractivity contribution is 5.94. The molecule has 1 aromatic heterocycles. The first-order valence-corrected chi connectivity index (χ1v) is 6.57. The first kappa shape index (κ1) is 10.8. The lowest BCUT2D eigenvalue weighted by molar-refractivity contribution is 0.0626. The maximum Gasteiger partial charge on any atom is 0.254 e. The molecule has 1 unspecified atom stereocenters. The number of hydrogen-bond donors (Lipinski definition) is 0. The van der Waals surface area contributed by atoms with Gasteiger partial charge in [0.25, 0.3) is 5.91 Å². The molecule has 2 aliphatic rings. The summed E-state index contributed by atoms with van der Waals surface area (Å²) in [4.78, 5) is 18.5. The number of carbonyl (C=O) groups is 1. The number of aromatic nitrogens is 1. The van der Waals surface area contributed by atoms with Gasteiger partial charge < -0.3 is 4.90 Å². The molecule has 1 saturated heterocycles. The summed E-state index contributed by atoms with van der Waals surface area (Å²) in [6.07, 6.45) is 9.72. The molecule has 3 heteroatoms. The molecule has 1 amide bonds. The zero-order chi connectivity index (χ0) is 11.7. The van der Waals surface area contributed by atoms with Gasteiger partial charge in [-0.15, -0.1) is 0 Å². The maximum absolute atomic E-state index is 12.4. The van der Waals surface area contributed by atoms with Crippen LogP contribution in [-0.4, -0.2) is 28.4 Å². The van der Waals surface area contributed by atoms with E-state index in [2.05, 4.69) is 9.88 Å². The Balaban J connectivity index is 1.76. The molecule has 1 aliphatic heterocycles. The second kappa shape index (κ2) is 4.47. The van der Waals surface area contributed by atoms with Crippen LogP contribution < -0.4 is 0 Å². The van der Waals surface area contributed by atoms with E-state index in [0.29, 0.717) is 6.04 Å². The van der Waals surface area contributed by atoms with E-state index < -0.39 is 0 Å². The zero-order valence-electron chi connectivity index (χ0n) is 10.0. The predicted octanol–water partition coefficient (Wildman–Crippen LogP) is 2.49. The summed E-state index contributed by atoms with van der Waals surface area (Å²) in [6, 6.07) is 4.14. The van der Waals surface area contributed by atoms with Crippen molar-refractivity contribution in [1.29, 1.82) is 0 Å². The second-order valence-electron chi connectivity index (χ2n) is 5.13. The molecule has 0 aromatic carbocycles. The van der Waals surface area contributed by atoms with E-state index in [0.717, 1.165) is 24.4 Å². The molecule has 0 bridgehead atoms. The Kier molecular flexibility index (Phi) is 2.83. The van der Waals surface area contributed by atoms with Crippen molar-refractivity contribution in [1.82, 2.24) is 9.88 Å². The average molecular weight is 230 g/mol. The van der Waals surface area contributed by atoms with Crippen LogP contribution in [0.1, 0.15) is 42.5 Å². The van der Waals surface area contributed by atoms with Crippen molar-refractivity contribution in [3.63, 3.8) is 0 Å². The summed E-state index contributed by atoms with van der Waals surface area (Å²) in [5, 5.41) is 0. The Labute approximate surface area is 102 Å². The molecule has 1 atom stereocenters. The molecular formula is C14H18N2O. The lowest BCUT2D eigenvalue weighted by atomic mass is 9.78. The fourth-order valence-electron chi connectivity index (χ4n) is 3.02. The maximum atomic E-state index is 12.4. The van der Waals surface area contributed by atoms with Crippen molar-refractivity contribution in [2.75, 3.05) is 6.54 Å². The topological polar surface area (TPSA) is 33.2 Å². The van der Waals surface area contributed by atoms with Crippen LogP contribution in [0, 0.1) is 5.92 Å². The minimum Gasteiger partial charge on any atom is -0.335 e. The predicted molar refractivity (Wildman–Crippen MR) is 65.6 cm³/mol. The quantitative estimate of drug-likeness (QED) is 0.782. The first-order valence-electron chi connectivity index (χ1n) is 6.57. The van der Waals surface area contributed by atoms with Crippen LogP contribution >= 0.6 is 0 Å². The average Bonchev–Trinajstić information content (AvgIpc) is 2.76. The summed E-state index contributed by atoms with van der Waals surface area (Å²) in [6.45, 7) is 0.933. The van der Waals surface area contributed by atoms with Crippen LogP contribution in [0.25, 0.3) is 0 Å². The summed E-state index contributed by atoms with van der Waals surface area (Å²) in [5.41, 5.74) is 0.784. The molecule has 0 N–H and O–H groups in total. The first-order chi connectivity index (χ1) is 8.36. The second-order valence-corrected chi connectivity index (χ2v) is 5.13. The van der Waals surface area contributed by atoms with Crippen molar-refractivity contribution >= 4 is 5.91 Å². The number of hydrogen-bond acceptors (Lipinski definition) is 2. The number of likely N-dealkylation sites (tertiary alicyclic amines) is 1. The van der Waals surface area contributed by atoms with Crippen LogP contribution in [0.4, 0.5) is 0 Å². The molecule has 1 aliphatic carbocycles. The van der Waals surface area contributed by atoms with Crippen LogP contribution in [0.2, 0.25) is 0 Å². The summed E-state index contributed by atoms with van der Waals surface area (Å²) >= 11 is 0. The molecule has 0 radical (unpaired) electrons. The molecule has 90 valence electrons. The van der Waals surface area contributed by atoms with E-state index in [1.807, 2.05) is 12.1 Å². The van der Waals surface area contributed by atoms with Gasteiger partial charge in [0.05, 0.1) is 0 Å². The van der Waals surface area contributed by atoms with E-state index in [4.69, 9.17) is 0 Å². The monoisotopic (exact) mass is 230 g/mol. The third-order valence-electron chi connectivity index (χ3n) is 4.18. The van der Waals surface area contributed by atoms with Crippen molar-refractivity contribution in [2.24, 2.45) is 5.92 Å². The summed E-state index contributed by atoms with van der Waals surface area (Å²) < 4.78 is 0.